The standard InChI is InChI=1S/C29H44O6Si/c1-22-24(34-26(30)14-13-23-11-9-8-10-12-23)15-16-29(4,20-32-21-31-17-18-36(5,6)7)27(22)25-19-33-28(2,3)35-25/h8-14,24-25,27H,1,15-21H2,2-7H3/b14-13+/t24-,25+,27-,29-/m0/s1. The molecule has 0 bridgehead atoms. The molecule has 1 heterocycles. The summed E-state index contributed by atoms with van der Waals surface area (Å²) in [6, 6.07) is 10.8. The molecule has 6 nitrogen and oxygen atoms in total. The molecule has 1 saturated carbocycles. The molecule has 1 saturated heterocycles. The molecule has 0 N–H and O–H groups in total. The minimum absolute atomic E-state index is 0.0779. The van der Waals surface area contributed by atoms with E-state index in [1.807, 2.05) is 44.2 Å². The minimum atomic E-state index is -1.13. The lowest BCUT2D eigenvalue weighted by molar-refractivity contribution is -0.163. The Morgan fingerprint density at radius 3 is 2.53 bits per heavy atom. The second kappa shape index (κ2) is 12.2. The summed E-state index contributed by atoms with van der Waals surface area (Å²) in [7, 11) is -1.13. The van der Waals surface area contributed by atoms with Crippen molar-refractivity contribution in [3.63, 3.8) is 0 Å². The van der Waals surface area contributed by atoms with Crippen LogP contribution < -0.4 is 0 Å². The Labute approximate surface area is 218 Å². The van der Waals surface area contributed by atoms with Gasteiger partial charge in [-0.15, -0.1) is 0 Å². The van der Waals surface area contributed by atoms with Gasteiger partial charge in [0.2, 0.25) is 0 Å². The lowest BCUT2D eigenvalue weighted by Gasteiger charge is -2.47. The highest BCUT2D eigenvalue weighted by atomic mass is 28.3. The van der Waals surface area contributed by atoms with Crippen molar-refractivity contribution < 1.29 is 28.5 Å². The Hall–Kier alpha value is -1.77. The van der Waals surface area contributed by atoms with Crippen molar-refractivity contribution in [3.05, 3.63) is 54.1 Å². The molecular weight excluding hydrogens is 472 g/mol. The number of rotatable bonds is 11. The van der Waals surface area contributed by atoms with Crippen LogP contribution in [0.3, 0.4) is 0 Å². The molecule has 0 unspecified atom stereocenters. The van der Waals surface area contributed by atoms with Gasteiger partial charge in [-0.25, -0.2) is 4.79 Å². The quantitative estimate of drug-likeness (QED) is 0.0889. The van der Waals surface area contributed by atoms with E-state index in [0.717, 1.165) is 30.2 Å². The summed E-state index contributed by atoms with van der Waals surface area (Å²) in [6.07, 6.45) is 4.18. The summed E-state index contributed by atoms with van der Waals surface area (Å²) in [6.45, 7) is 19.4. The summed E-state index contributed by atoms with van der Waals surface area (Å²) in [5.41, 5.74) is 1.57. The second-order valence-corrected chi connectivity index (χ2v) is 17.6. The largest absolute Gasteiger partial charge is 0.455 e. The van der Waals surface area contributed by atoms with Crippen molar-refractivity contribution in [1.82, 2.24) is 0 Å². The first-order valence-corrected chi connectivity index (χ1v) is 16.7. The molecular formula is C29H44O6Si. The van der Waals surface area contributed by atoms with E-state index in [1.165, 1.54) is 6.08 Å². The summed E-state index contributed by atoms with van der Waals surface area (Å²) in [5, 5.41) is 0. The lowest BCUT2D eigenvalue weighted by atomic mass is 9.63. The van der Waals surface area contributed by atoms with Gasteiger partial charge in [0.25, 0.3) is 0 Å². The summed E-state index contributed by atoms with van der Waals surface area (Å²) in [4.78, 5) is 12.6. The fourth-order valence-electron chi connectivity index (χ4n) is 4.99. The molecule has 1 aliphatic heterocycles. The highest BCUT2D eigenvalue weighted by Gasteiger charge is 2.51. The van der Waals surface area contributed by atoms with Crippen molar-refractivity contribution in [2.45, 2.75) is 77.3 Å². The van der Waals surface area contributed by atoms with E-state index in [0.29, 0.717) is 19.6 Å². The fraction of sp³-hybridized carbons (Fsp3) is 0.621. The van der Waals surface area contributed by atoms with E-state index in [9.17, 15) is 4.79 Å². The Morgan fingerprint density at radius 1 is 1.17 bits per heavy atom. The van der Waals surface area contributed by atoms with Crippen LogP contribution >= 0.6 is 0 Å². The maximum atomic E-state index is 12.6. The van der Waals surface area contributed by atoms with Crippen LogP contribution in [0.1, 0.15) is 39.2 Å². The molecule has 36 heavy (non-hydrogen) atoms. The van der Waals surface area contributed by atoms with E-state index in [-0.39, 0.29) is 36.3 Å². The molecule has 1 aromatic rings. The van der Waals surface area contributed by atoms with Gasteiger partial charge >= 0.3 is 5.97 Å². The second-order valence-electron chi connectivity index (χ2n) is 12.0. The molecule has 200 valence electrons. The van der Waals surface area contributed by atoms with Gasteiger partial charge in [0.05, 0.1) is 19.3 Å². The fourth-order valence-corrected chi connectivity index (χ4v) is 5.75. The van der Waals surface area contributed by atoms with Crippen LogP contribution in [-0.4, -0.2) is 58.7 Å². The van der Waals surface area contributed by atoms with Crippen molar-refractivity contribution in [3.8, 4) is 0 Å². The highest BCUT2D eigenvalue weighted by Crippen LogP contribution is 2.49. The lowest BCUT2D eigenvalue weighted by Crippen LogP contribution is -2.49. The zero-order valence-corrected chi connectivity index (χ0v) is 23.9. The Bertz CT molecular complexity index is 906. The smallest absolute Gasteiger partial charge is 0.331 e. The van der Waals surface area contributed by atoms with Gasteiger partial charge in [-0.3, -0.25) is 0 Å². The molecule has 1 aliphatic carbocycles. The average Bonchev–Trinajstić information content (AvgIpc) is 3.16. The monoisotopic (exact) mass is 516 g/mol. The normalized spacial score (nSPS) is 28.5. The number of ether oxygens (including phenoxy) is 5. The Balaban J connectivity index is 1.63. The third kappa shape index (κ3) is 8.38. The molecule has 0 aromatic heterocycles. The third-order valence-corrected chi connectivity index (χ3v) is 8.71. The summed E-state index contributed by atoms with van der Waals surface area (Å²) in [5.74, 6) is -1.11. The summed E-state index contributed by atoms with van der Waals surface area (Å²) < 4.78 is 29.8. The SMILES string of the molecule is C=C1[C@@H](OC(=O)/C=C/c2ccccc2)CC[C@@](C)(COCOCC[Si](C)(C)C)[C@@H]1[C@H]1COC(C)(C)O1. The maximum absolute atomic E-state index is 12.6. The van der Waals surface area contributed by atoms with Gasteiger partial charge in [0, 0.05) is 32.1 Å². The molecule has 4 atom stereocenters. The molecule has 0 amide bonds. The molecule has 0 radical (unpaired) electrons. The molecule has 7 heteroatoms. The van der Waals surface area contributed by atoms with E-state index in [2.05, 4.69) is 33.1 Å². The Morgan fingerprint density at radius 2 is 1.89 bits per heavy atom. The third-order valence-electron chi connectivity index (χ3n) is 7.01. The van der Waals surface area contributed by atoms with E-state index >= 15 is 0 Å². The number of hydrogen-bond donors (Lipinski definition) is 0. The first-order valence-electron chi connectivity index (χ1n) is 13.0. The van der Waals surface area contributed by atoms with Gasteiger partial charge in [-0.05, 0) is 49.9 Å². The van der Waals surface area contributed by atoms with Gasteiger partial charge in [-0.2, -0.15) is 0 Å². The van der Waals surface area contributed by atoms with E-state index in [1.54, 1.807) is 6.08 Å². The predicted molar refractivity (Wildman–Crippen MR) is 145 cm³/mol. The van der Waals surface area contributed by atoms with E-state index in [4.69, 9.17) is 23.7 Å². The van der Waals surface area contributed by atoms with E-state index < -0.39 is 13.9 Å². The molecule has 1 aromatic carbocycles. The molecule has 2 fully saturated rings. The van der Waals surface area contributed by atoms with Crippen LogP contribution in [0.5, 0.6) is 0 Å². The molecule has 0 spiro atoms. The molecule has 3 rings (SSSR count). The first kappa shape index (κ1) is 28.8. The maximum Gasteiger partial charge on any atom is 0.331 e. The van der Waals surface area contributed by atoms with Crippen LogP contribution in [0, 0.1) is 11.3 Å². The Kier molecular flexibility index (Phi) is 9.74. The molecule has 2 aliphatic rings. The first-order chi connectivity index (χ1) is 16.9. The van der Waals surface area contributed by atoms with Gasteiger partial charge in [0.15, 0.2) is 5.79 Å². The van der Waals surface area contributed by atoms with Gasteiger partial charge in [-0.1, -0.05) is 63.5 Å². The van der Waals surface area contributed by atoms with Gasteiger partial charge < -0.3 is 23.7 Å². The van der Waals surface area contributed by atoms with Crippen molar-refractivity contribution >= 4 is 20.1 Å². The number of carbonyl (C=O) groups excluding carboxylic acids is 1. The number of hydrogen-bond acceptors (Lipinski definition) is 6. The summed E-state index contributed by atoms with van der Waals surface area (Å²) >= 11 is 0. The van der Waals surface area contributed by atoms with Crippen molar-refractivity contribution in [2.75, 3.05) is 26.6 Å². The van der Waals surface area contributed by atoms with Crippen molar-refractivity contribution in [2.24, 2.45) is 11.3 Å². The number of benzene rings is 1. The van der Waals surface area contributed by atoms with Crippen LogP contribution in [0.4, 0.5) is 0 Å². The topological polar surface area (TPSA) is 63.2 Å². The number of carbonyl (C=O) groups is 1. The van der Waals surface area contributed by atoms with Gasteiger partial charge in [0.1, 0.15) is 12.9 Å². The van der Waals surface area contributed by atoms with Crippen LogP contribution in [0.2, 0.25) is 25.7 Å². The number of esters is 1. The van der Waals surface area contributed by atoms with Crippen molar-refractivity contribution in [1.29, 1.82) is 0 Å². The van der Waals surface area contributed by atoms with Crippen LogP contribution in [0.25, 0.3) is 6.08 Å². The highest BCUT2D eigenvalue weighted by molar-refractivity contribution is 6.76. The van der Waals surface area contributed by atoms with Crippen LogP contribution in [0.15, 0.2) is 48.6 Å². The zero-order chi connectivity index (χ0) is 26.4. The minimum Gasteiger partial charge on any atom is -0.455 e. The average molecular weight is 517 g/mol. The predicted octanol–water partition coefficient (Wildman–Crippen LogP) is 6.06. The zero-order valence-electron chi connectivity index (χ0n) is 22.9. The van der Waals surface area contributed by atoms with Crippen LogP contribution in [-0.2, 0) is 28.5 Å².